The number of ether oxygens (including phenoxy) is 1. The van der Waals surface area contributed by atoms with Crippen LogP contribution in [0.25, 0.3) is 22.9 Å². The number of halogens is 1. The topological polar surface area (TPSA) is 48.2 Å². The third-order valence-electron chi connectivity index (χ3n) is 3.40. The summed E-state index contributed by atoms with van der Waals surface area (Å²) in [5.41, 5.74) is 1.58. The fourth-order valence-electron chi connectivity index (χ4n) is 2.11. The molecule has 0 aliphatic heterocycles. The zero-order chi connectivity index (χ0) is 16.1. The molecular weight excluding hydrogens is 312 g/mol. The van der Waals surface area contributed by atoms with Crippen molar-refractivity contribution in [2.75, 3.05) is 6.61 Å². The molecule has 0 aliphatic carbocycles. The second kappa shape index (κ2) is 7.29. The van der Waals surface area contributed by atoms with Gasteiger partial charge in [-0.15, -0.1) is 10.2 Å². The Morgan fingerprint density at radius 2 is 1.74 bits per heavy atom. The summed E-state index contributed by atoms with van der Waals surface area (Å²) in [6, 6.07) is 15.0. The van der Waals surface area contributed by atoms with Crippen LogP contribution in [-0.4, -0.2) is 16.8 Å². The van der Waals surface area contributed by atoms with Gasteiger partial charge in [0.2, 0.25) is 11.8 Å². The van der Waals surface area contributed by atoms with Gasteiger partial charge in [-0.2, -0.15) is 0 Å². The van der Waals surface area contributed by atoms with Crippen molar-refractivity contribution in [1.82, 2.24) is 10.2 Å². The monoisotopic (exact) mass is 328 g/mol. The molecule has 118 valence electrons. The van der Waals surface area contributed by atoms with Crippen LogP contribution in [0, 0.1) is 0 Å². The van der Waals surface area contributed by atoms with Crippen LogP contribution < -0.4 is 4.74 Å². The van der Waals surface area contributed by atoms with E-state index >= 15 is 0 Å². The van der Waals surface area contributed by atoms with Crippen molar-refractivity contribution in [2.45, 2.75) is 19.8 Å². The number of hydrogen-bond acceptors (Lipinski definition) is 4. The molecule has 0 radical (unpaired) electrons. The molecule has 0 saturated carbocycles. The molecule has 0 N–H and O–H groups in total. The molecule has 2 aromatic carbocycles. The van der Waals surface area contributed by atoms with E-state index in [-0.39, 0.29) is 0 Å². The number of hydrogen-bond donors (Lipinski definition) is 0. The van der Waals surface area contributed by atoms with Crippen molar-refractivity contribution >= 4 is 11.6 Å². The van der Waals surface area contributed by atoms with E-state index in [9.17, 15) is 0 Å². The van der Waals surface area contributed by atoms with Gasteiger partial charge in [0.25, 0.3) is 0 Å². The summed E-state index contributed by atoms with van der Waals surface area (Å²) in [5.74, 6) is 1.71. The van der Waals surface area contributed by atoms with Crippen LogP contribution >= 0.6 is 11.6 Å². The van der Waals surface area contributed by atoms with Crippen LogP contribution in [0.4, 0.5) is 0 Å². The first-order chi connectivity index (χ1) is 11.3. The largest absolute Gasteiger partial charge is 0.494 e. The summed E-state index contributed by atoms with van der Waals surface area (Å²) in [4.78, 5) is 0. The molecule has 3 aromatic rings. The van der Waals surface area contributed by atoms with Crippen molar-refractivity contribution in [3.8, 4) is 28.7 Å². The minimum absolute atomic E-state index is 0.411. The van der Waals surface area contributed by atoms with Crippen molar-refractivity contribution in [3.05, 3.63) is 53.6 Å². The molecule has 0 saturated heterocycles. The minimum Gasteiger partial charge on any atom is -0.494 e. The summed E-state index contributed by atoms with van der Waals surface area (Å²) in [5, 5.41) is 8.75. The van der Waals surface area contributed by atoms with E-state index in [0.717, 1.165) is 36.3 Å². The maximum absolute atomic E-state index is 6.15. The molecule has 1 aromatic heterocycles. The summed E-state index contributed by atoms with van der Waals surface area (Å²) in [6.45, 7) is 2.87. The molecule has 0 aliphatic rings. The first-order valence-electron chi connectivity index (χ1n) is 7.59. The number of unbranched alkanes of at least 4 members (excludes halogenated alkanes) is 1. The van der Waals surface area contributed by atoms with E-state index in [2.05, 4.69) is 17.1 Å². The Balaban J connectivity index is 1.77. The number of benzene rings is 2. The molecule has 0 amide bonds. The molecular formula is C18H17ClN2O2. The zero-order valence-electron chi connectivity index (χ0n) is 12.8. The molecule has 4 nitrogen and oxygen atoms in total. The van der Waals surface area contributed by atoms with E-state index < -0.39 is 0 Å². The van der Waals surface area contributed by atoms with Gasteiger partial charge in [0.05, 0.1) is 17.2 Å². The van der Waals surface area contributed by atoms with Gasteiger partial charge < -0.3 is 9.15 Å². The molecule has 5 heteroatoms. The fraction of sp³-hybridized carbons (Fsp3) is 0.222. The Morgan fingerprint density at radius 1 is 1.00 bits per heavy atom. The average Bonchev–Trinajstić information content (AvgIpc) is 3.06. The Labute approximate surface area is 140 Å². The second-order valence-corrected chi connectivity index (χ2v) is 5.53. The SMILES string of the molecule is CCCCOc1ccc(-c2nnc(-c3ccccc3Cl)o2)cc1. The molecule has 0 bridgehead atoms. The lowest BCUT2D eigenvalue weighted by molar-refractivity contribution is 0.309. The van der Waals surface area contributed by atoms with Crippen LogP contribution in [0.2, 0.25) is 5.02 Å². The number of aromatic nitrogens is 2. The lowest BCUT2D eigenvalue weighted by Crippen LogP contribution is -1.95. The fourth-order valence-corrected chi connectivity index (χ4v) is 2.33. The standard InChI is InChI=1S/C18H17ClN2O2/c1-2-3-12-22-14-10-8-13(9-11-14)17-20-21-18(23-17)15-6-4-5-7-16(15)19/h4-11H,2-3,12H2,1H3. The normalized spacial score (nSPS) is 10.7. The highest BCUT2D eigenvalue weighted by molar-refractivity contribution is 6.33. The summed E-state index contributed by atoms with van der Waals surface area (Å²) >= 11 is 6.15. The molecule has 0 spiro atoms. The first-order valence-corrected chi connectivity index (χ1v) is 7.97. The van der Waals surface area contributed by atoms with Gasteiger partial charge in [0.15, 0.2) is 0 Å². The van der Waals surface area contributed by atoms with Crippen LogP contribution in [0.1, 0.15) is 19.8 Å². The lowest BCUT2D eigenvalue weighted by Gasteiger charge is -2.05. The van der Waals surface area contributed by atoms with Gasteiger partial charge in [0.1, 0.15) is 5.75 Å². The van der Waals surface area contributed by atoms with Crippen LogP contribution in [0.3, 0.4) is 0 Å². The van der Waals surface area contributed by atoms with E-state index in [1.54, 1.807) is 6.07 Å². The highest BCUT2D eigenvalue weighted by Crippen LogP contribution is 2.29. The number of rotatable bonds is 6. The smallest absolute Gasteiger partial charge is 0.249 e. The van der Waals surface area contributed by atoms with Crippen LogP contribution in [0.15, 0.2) is 52.9 Å². The van der Waals surface area contributed by atoms with Crippen molar-refractivity contribution < 1.29 is 9.15 Å². The van der Waals surface area contributed by atoms with Crippen LogP contribution in [-0.2, 0) is 0 Å². The van der Waals surface area contributed by atoms with Crippen molar-refractivity contribution in [3.63, 3.8) is 0 Å². The molecule has 3 rings (SSSR count). The minimum atomic E-state index is 0.411. The average molecular weight is 329 g/mol. The highest BCUT2D eigenvalue weighted by Gasteiger charge is 2.12. The number of nitrogens with zero attached hydrogens (tertiary/aromatic N) is 2. The van der Waals surface area contributed by atoms with E-state index in [1.165, 1.54) is 0 Å². The highest BCUT2D eigenvalue weighted by atomic mass is 35.5. The van der Waals surface area contributed by atoms with E-state index in [1.807, 2.05) is 42.5 Å². The lowest BCUT2D eigenvalue weighted by atomic mass is 10.2. The Morgan fingerprint density at radius 3 is 2.48 bits per heavy atom. The maximum atomic E-state index is 6.15. The third kappa shape index (κ3) is 3.71. The van der Waals surface area contributed by atoms with E-state index in [0.29, 0.717) is 16.8 Å². The van der Waals surface area contributed by atoms with E-state index in [4.69, 9.17) is 20.8 Å². The van der Waals surface area contributed by atoms with Gasteiger partial charge in [-0.05, 0) is 42.8 Å². The van der Waals surface area contributed by atoms with Crippen molar-refractivity contribution in [2.24, 2.45) is 0 Å². The first kappa shape index (κ1) is 15.6. The van der Waals surface area contributed by atoms with Gasteiger partial charge in [-0.25, -0.2) is 0 Å². The molecule has 0 unspecified atom stereocenters. The molecule has 1 heterocycles. The van der Waals surface area contributed by atoms with Gasteiger partial charge in [0, 0.05) is 5.56 Å². The second-order valence-electron chi connectivity index (χ2n) is 5.12. The van der Waals surface area contributed by atoms with Crippen molar-refractivity contribution in [1.29, 1.82) is 0 Å². The van der Waals surface area contributed by atoms with Gasteiger partial charge in [-0.3, -0.25) is 0 Å². The Kier molecular flexibility index (Phi) is 4.93. The third-order valence-corrected chi connectivity index (χ3v) is 3.73. The molecule has 0 atom stereocenters. The molecule has 0 fully saturated rings. The summed E-state index contributed by atoms with van der Waals surface area (Å²) in [6.07, 6.45) is 2.16. The molecule has 23 heavy (non-hydrogen) atoms. The van der Waals surface area contributed by atoms with Crippen LogP contribution in [0.5, 0.6) is 5.75 Å². The Hall–Kier alpha value is -2.33. The van der Waals surface area contributed by atoms with Gasteiger partial charge >= 0.3 is 0 Å². The zero-order valence-corrected chi connectivity index (χ0v) is 13.6. The predicted octanol–water partition coefficient (Wildman–Crippen LogP) is 5.24. The Bertz CT molecular complexity index is 769. The quantitative estimate of drug-likeness (QED) is 0.581. The predicted molar refractivity (Wildman–Crippen MR) is 90.6 cm³/mol. The summed E-state index contributed by atoms with van der Waals surface area (Å²) < 4.78 is 11.4. The maximum Gasteiger partial charge on any atom is 0.249 e. The summed E-state index contributed by atoms with van der Waals surface area (Å²) in [7, 11) is 0. The van der Waals surface area contributed by atoms with Gasteiger partial charge in [-0.1, -0.05) is 37.1 Å².